The van der Waals surface area contributed by atoms with E-state index in [1.807, 2.05) is 13.8 Å². The summed E-state index contributed by atoms with van der Waals surface area (Å²) in [5.74, 6) is -1.71. The van der Waals surface area contributed by atoms with Crippen LogP contribution in [0.15, 0.2) is 17.5 Å². The van der Waals surface area contributed by atoms with Crippen molar-refractivity contribution in [1.82, 2.24) is 15.2 Å². The minimum atomic E-state index is -1.02. The number of anilines is 1. The number of nitrogens with one attached hydrogen (secondary N) is 1. The summed E-state index contributed by atoms with van der Waals surface area (Å²) < 4.78 is -0.622. The molecule has 2 saturated heterocycles. The van der Waals surface area contributed by atoms with Crippen LogP contribution in [0.5, 0.6) is 0 Å². The largest absolute Gasteiger partial charge is 0.480 e. The van der Waals surface area contributed by atoms with Crippen LogP contribution in [0.2, 0.25) is 0 Å². The van der Waals surface area contributed by atoms with Crippen molar-refractivity contribution >= 4 is 46.0 Å². The lowest BCUT2D eigenvalue weighted by Gasteiger charge is -2.44. The SMILES string of the molecule is CC1(C)S[C@@H]2[C@H](NC(=O)C(CC3CC=CCC3)c3csc(N)n3)C(=O)N2[C@H]1C(=O)O. The van der Waals surface area contributed by atoms with Crippen LogP contribution >= 0.6 is 23.1 Å². The molecule has 5 atom stereocenters. The predicted octanol–water partition coefficient (Wildman–Crippen LogP) is 2.19. The number of carbonyl (C=O) groups excluding carboxylic acids is 2. The number of thioether (sulfide) groups is 1. The summed E-state index contributed by atoms with van der Waals surface area (Å²) in [7, 11) is 0. The van der Waals surface area contributed by atoms with Crippen molar-refractivity contribution in [2.75, 3.05) is 5.73 Å². The molecule has 0 radical (unpaired) electrons. The normalized spacial score (nSPS) is 30.5. The average molecular weight is 451 g/mol. The van der Waals surface area contributed by atoms with Crippen molar-refractivity contribution in [2.45, 2.75) is 67.7 Å². The average Bonchev–Trinajstić information content (AvgIpc) is 3.23. The number of β-lactam (4-membered cyclic amide) rings is 1. The third-order valence-electron chi connectivity index (χ3n) is 6.13. The minimum absolute atomic E-state index is 0.245. The standard InChI is InChI=1S/C20H26N4O4S2/c1-20(2)14(18(27)28)24-16(26)13(17(24)30-20)23-15(25)11(12-9-29-19(21)22-12)8-10-6-4-3-5-7-10/h3-4,9-11,13-14,17H,5-8H2,1-2H3,(H2,21,22)(H,23,25)(H,27,28)/t10?,11?,13-,14+,17-/m1/s1. The van der Waals surface area contributed by atoms with Crippen LogP contribution in [0, 0.1) is 5.92 Å². The molecule has 2 amide bonds. The van der Waals surface area contributed by atoms with Gasteiger partial charge in [0.05, 0.1) is 11.6 Å². The Labute approximate surface area is 183 Å². The van der Waals surface area contributed by atoms with Crippen molar-refractivity contribution in [1.29, 1.82) is 0 Å². The molecule has 3 aliphatic rings. The van der Waals surface area contributed by atoms with Gasteiger partial charge in [-0.15, -0.1) is 23.1 Å². The Kier molecular flexibility index (Phi) is 5.56. The third kappa shape index (κ3) is 3.71. The Morgan fingerprint density at radius 3 is 2.80 bits per heavy atom. The molecule has 8 nitrogen and oxygen atoms in total. The fourth-order valence-corrected chi connectivity index (χ4v) is 6.87. The van der Waals surface area contributed by atoms with Gasteiger partial charge in [-0.3, -0.25) is 9.59 Å². The highest BCUT2D eigenvalue weighted by Gasteiger charge is 2.64. The summed E-state index contributed by atoms with van der Waals surface area (Å²) in [6.07, 6.45) is 7.89. The molecule has 0 bridgehead atoms. The van der Waals surface area contributed by atoms with Crippen LogP contribution in [0.3, 0.4) is 0 Å². The van der Waals surface area contributed by atoms with E-state index in [1.54, 1.807) is 5.38 Å². The van der Waals surface area contributed by atoms with Gasteiger partial charge in [0.2, 0.25) is 11.8 Å². The predicted molar refractivity (Wildman–Crippen MR) is 116 cm³/mol. The monoisotopic (exact) mass is 450 g/mol. The molecule has 1 aromatic heterocycles. The molecule has 0 spiro atoms. The summed E-state index contributed by atoms with van der Waals surface area (Å²) in [6.45, 7) is 3.64. The smallest absolute Gasteiger partial charge is 0.327 e. The molecule has 1 aromatic rings. The van der Waals surface area contributed by atoms with E-state index in [4.69, 9.17) is 5.73 Å². The Morgan fingerprint density at radius 2 is 2.20 bits per heavy atom. The molecular weight excluding hydrogens is 424 g/mol. The van der Waals surface area contributed by atoms with Crippen LogP contribution in [-0.4, -0.2) is 55.0 Å². The molecule has 0 saturated carbocycles. The number of amides is 2. The maximum atomic E-state index is 13.2. The molecule has 3 heterocycles. The summed E-state index contributed by atoms with van der Waals surface area (Å²) >= 11 is 2.72. The number of nitrogens with two attached hydrogens (primary N) is 1. The number of hydrogen-bond acceptors (Lipinski definition) is 7. The van der Waals surface area contributed by atoms with E-state index in [-0.39, 0.29) is 17.2 Å². The lowest BCUT2D eigenvalue weighted by Crippen LogP contribution is -2.70. The quantitative estimate of drug-likeness (QED) is 0.448. The number of fused-ring (bicyclic) bond motifs is 1. The van der Waals surface area contributed by atoms with Crippen LogP contribution in [0.4, 0.5) is 5.13 Å². The van der Waals surface area contributed by atoms with Crippen LogP contribution < -0.4 is 11.1 Å². The highest BCUT2D eigenvalue weighted by atomic mass is 32.2. The zero-order chi connectivity index (χ0) is 21.6. The first-order valence-electron chi connectivity index (χ1n) is 10.1. The number of nitrogen functional groups attached to an aromatic ring is 1. The molecular formula is C20H26N4O4S2. The molecule has 30 heavy (non-hydrogen) atoms. The number of aromatic nitrogens is 1. The molecule has 162 valence electrons. The number of aliphatic carboxylic acids is 1. The Hall–Kier alpha value is -2.07. The highest BCUT2D eigenvalue weighted by Crippen LogP contribution is 2.51. The summed E-state index contributed by atoms with van der Waals surface area (Å²) in [5.41, 5.74) is 6.43. The van der Waals surface area contributed by atoms with Crippen molar-refractivity contribution in [2.24, 2.45) is 5.92 Å². The second-order valence-corrected chi connectivity index (χ2v) is 11.3. The van der Waals surface area contributed by atoms with E-state index in [0.29, 0.717) is 23.2 Å². The second-order valence-electron chi connectivity index (χ2n) is 8.63. The number of hydrogen-bond donors (Lipinski definition) is 3. The molecule has 2 unspecified atom stereocenters. The van der Waals surface area contributed by atoms with E-state index < -0.39 is 28.7 Å². The molecule has 2 fully saturated rings. The van der Waals surface area contributed by atoms with Gasteiger partial charge >= 0.3 is 5.97 Å². The zero-order valence-corrected chi connectivity index (χ0v) is 18.5. The van der Waals surface area contributed by atoms with Gasteiger partial charge in [-0.2, -0.15) is 0 Å². The topological polar surface area (TPSA) is 126 Å². The van der Waals surface area contributed by atoms with E-state index in [9.17, 15) is 19.5 Å². The van der Waals surface area contributed by atoms with Crippen molar-refractivity contribution < 1.29 is 19.5 Å². The van der Waals surface area contributed by atoms with Crippen LogP contribution in [0.1, 0.15) is 51.1 Å². The Balaban J connectivity index is 1.50. The number of allylic oxidation sites excluding steroid dienone is 2. The molecule has 2 aliphatic heterocycles. The van der Waals surface area contributed by atoms with Gasteiger partial charge in [-0.1, -0.05) is 12.2 Å². The van der Waals surface area contributed by atoms with Gasteiger partial charge < -0.3 is 21.1 Å². The number of carboxylic acid groups (broad SMARTS) is 1. The molecule has 0 aromatic carbocycles. The van der Waals surface area contributed by atoms with E-state index >= 15 is 0 Å². The first kappa shape index (κ1) is 21.2. The van der Waals surface area contributed by atoms with Crippen molar-refractivity contribution in [3.8, 4) is 0 Å². The summed E-state index contributed by atoms with van der Waals surface area (Å²) in [6, 6.07) is -1.60. The van der Waals surface area contributed by atoms with Gasteiger partial charge in [0.25, 0.3) is 0 Å². The molecule has 4 rings (SSSR count). The van der Waals surface area contributed by atoms with Crippen LogP contribution in [-0.2, 0) is 14.4 Å². The zero-order valence-electron chi connectivity index (χ0n) is 16.9. The number of thiazole rings is 1. The van der Waals surface area contributed by atoms with Gasteiger partial charge in [-0.25, -0.2) is 9.78 Å². The maximum absolute atomic E-state index is 13.2. The molecule has 4 N–H and O–H groups in total. The van der Waals surface area contributed by atoms with Gasteiger partial charge in [-0.05, 0) is 45.4 Å². The Morgan fingerprint density at radius 1 is 1.43 bits per heavy atom. The van der Waals surface area contributed by atoms with E-state index in [0.717, 1.165) is 19.3 Å². The van der Waals surface area contributed by atoms with Gasteiger partial charge in [0.1, 0.15) is 17.5 Å². The third-order valence-corrected chi connectivity index (χ3v) is 8.40. The van der Waals surface area contributed by atoms with E-state index in [1.165, 1.54) is 28.0 Å². The number of nitrogens with zero attached hydrogens (tertiary/aromatic N) is 2. The Bertz CT molecular complexity index is 899. The maximum Gasteiger partial charge on any atom is 0.327 e. The lowest BCUT2D eigenvalue weighted by molar-refractivity contribution is -0.161. The number of carbonyl (C=O) groups is 3. The first-order chi connectivity index (χ1) is 14.2. The molecule has 1 aliphatic carbocycles. The fourth-order valence-electron chi connectivity index (χ4n) is 4.63. The second kappa shape index (κ2) is 7.88. The minimum Gasteiger partial charge on any atom is -0.480 e. The van der Waals surface area contributed by atoms with Crippen molar-refractivity contribution in [3.63, 3.8) is 0 Å². The van der Waals surface area contributed by atoms with Gasteiger partial charge in [0.15, 0.2) is 5.13 Å². The number of rotatable bonds is 6. The molecule has 10 heteroatoms. The fraction of sp³-hybridized carbons (Fsp3) is 0.600. The van der Waals surface area contributed by atoms with E-state index in [2.05, 4.69) is 22.5 Å². The first-order valence-corrected chi connectivity index (χ1v) is 11.8. The lowest BCUT2D eigenvalue weighted by atomic mass is 9.84. The highest BCUT2D eigenvalue weighted by molar-refractivity contribution is 8.01. The van der Waals surface area contributed by atoms with Crippen molar-refractivity contribution in [3.05, 3.63) is 23.2 Å². The van der Waals surface area contributed by atoms with Gasteiger partial charge in [0, 0.05) is 10.1 Å². The summed E-state index contributed by atoms with van der Waals surface area (Å²) in [5, 5.41) is 14.3. The summed E-state index contributed by atoms with van der Waals surface area (Å²) in [4.78, 5) is 43.4. The number of carboxylic acids is 1. The van der Waals surface area contributed by atoms with Crippen LogP contribution in [0.25, 0.3) is 0 Å².